The van der Waals surface area contributed by atoms with Crippen molar-refractivity contribution in [3.8, 4) is 0 Å². The van der Waals surface area contributed by atoms with Crippen LogP contribution in [0.3, 0.4) is 0 Å². The van der Waals surface area contributed by atoms with Gasteiger partial charge in [0.15, 0.2) is 0 Å². The summed E-state index contributed by atoms with van der Waals surface area (Å²) in [6, 6.07) is 21.2. The lowest BCUT2D eigenvalue weighted by molar-refractivity contribution is -0.132. The van der Waals surface area contributed by atoms with Crippen molar-refractivity contribution in [1.29, 1.82) is 0 Å². The van der Waals surface area contributed by atoms with E-state index in [0.717, 1.165) is 21.9 Å². The van der Waals surface area contributed by atoms with Crippen molar-refractivity contribution in [2.45, 2.75) is 31.9 Å². The fourth-order valence-corrected chi connectivity index (χ4v) is 3.91. The number of urea groups is 1. The smallest absolute Gasteiger partial charge is 0.319 e. The van der Waals surface area contributed by atoms with Gasteiger partial charge >= 0.3 is 6.03 Å². The first kappa shape index (κ1) is 20.9. The number of aliphatic hydroxyl groups excluding tert-OH is 1. The second-order valence-electron chi connectivity index (χ2n) is 7.93. The van der Waals surface area contributed by atoms with Crippen LogP contribution in [0.1, 0.15) is 24.0 Å². The number of aliphatic hydroxyl groups is 1. The molecule has 0 aliphatic carbocycles. The zero-order valence-corrected chi connectivity index (χ0v) is 17.4. The molecule has 1 aliphatic heterocycles. The van der Waals surface area contributed by atoms with Crippen LogP contribution < -0.4 is 10.6 Å². The van der Waals surface area contributed by atoms with Crippen molar-refractivity contribution in [2.24, 2.45) is 0 Å². The van der Waals surface area contributed by atoms with Gasteiger partial charge in [-0.3, -0.25) is 4.79 Å². The lowest BCUT2D eigenvalue weighted by atomic mass is 10.0. The maximum absolute atomic E-state index is 12.4. The number of carbonyl (C=O) groups is 2. The van der Waals surface area contributed by atoms with Gasteiger partial charge in [0.05, 0.1) is 12.5 Å². The van der Waals surface area contributed by atoms with Crippen LogP contribution in [0.2, 0.25) is 0 Å². The maximum atomic E-state index is 12.4. The van der Waals surface area contributed by atoms with Crippen LogP contribution in [0.5, 0.6) is 0 Å². The lowest BCUT2D eigenvalue weighted by Gasteiger charge is -2.29. The zero-order chi connectivity index (χ0) is 21.6. The first-order valence-electron chi connectivity index (χ1n) is 10.6. The molecule has 3 amide bonds. The van der Waals surface area contributed by atoms with Crippen molar-refractivity contribution < 1.29 is 14.7 Å². The molecule has 3 aromatic carbocycles. The van der Waals surface area contributed by atoms with Crippen LogP contribution in [0.4, 0.5) is 10.5 Å². The second-order valence-corrected chi connectivity index (χ2v) is 7.93. The predicted octanol–water partition coefficient (Wildman–Crippen LogP) is 3.69. The Kier molecular flexibility index (Phi) is 6.48. The lowest BCUT2D eigenvalue weighted by Crippen LogP contribution is -2.40. The fourth-order valence-electron chi connectivity index (χ4n) is 3.91. The Bertz CT molecular complexity index is 1050. The van der Waals surface area contributed by atoms with E-state index in [0.29, 0.717) is 44.6 Å². The Labute approximate surface area is 181 Å². The molecule has 160 valence electrons. The molecule has 0 unspecified atom stereocenters. The molecule has 0 spiro atoms. The van der Waals surface area contributed by atoms with Crippen LogP contribution in [0, 0.1) is 0 Å². The van der Waals surface area contributed by atoms with Crippen molar-refractivity contribution >= 4 is 28.4 Å². The summed E-state index contributed by atoms with van der Waals surface area (Å²) in [5.41, 5.74) is 2.64. The van der Waals surface area contributed by atoms with Gasteiger partial charge in [0, 0.05) is 25.3 Å². The quantitative estimate of drug-likeness (QED) is 0.592. The van der Waals surface area contributed by atoms with Gasteiger partial charge in [0.1, 0.15) is 0 Å². The molecule has 4 rings (SSSR count). The van der Waals surface area contributed by atoms with Gasteiger partial charge in [0.2, 0.25) is 5.91 Å². The van der Waals surface area contributed by atoms with Crippen LogP contribution in [-0.2, 0) is 17.8 Å². The summed E-state index contributed by atoms with van der Waals surface area (Å²) in [5, 5.41) is 17.6. The molecule has 6 heteroatoms. The topological polar surface area (TPSA) is 81.7 Å². The highest BCUT2D eigenvalue weighted by Crippen LogP contribution is 2.18. The van der Waals surface area contributed by atoms with E-state index < -0.39 is 0 Å². The zero-order valence-electron chi connectivity index (χ0n) is 17.4. The molecule has 0 aromatic heterocycles. The fraction of sp³-hybridized carbons (Fsp3) is 0.280. The minimum atomic E-state index is -0.291. The number of hydrogen-bond donors (Lipinski definition) is 3. The second kappa shape index (κ2) is 9.62. The van der Waals surface area contributed by atoms with Gasteiger partial charge < -0.3 is 20.6 Å². The van der Waals surface area contributed by atoms with Gasteiger partial charge in [-0.2, -0.15) is 0 Å². The number of anilines is 1. The minimum absolute atomic E-state index is 0.0699. The Morgan fingerprint density at radius 3 is 2.42 bits per heavy atom. The molecular formula is C25H27N3O3. The number of amides is 3. The monoisotopic (exact) mass is 417 g/mol. The number of piperidine rings is 1. The van der Waals surface area contributed by atoms with E-state index >= 15 is 0 Å². The first-order valence-corrected chi connectivity index (χ1v) is 10.6. The van der Waals surface area contributed by atoms with Crippen LogP contribution in [-0.4, -0.2) is 41.1 Å². The van der Waals surface area contributed by atoms with Crippen molar-refractivity contribution in [1.82, 2.24) is 10.2 Å². The van der Waals surface area contributed by atoms with Crippen LogP contribution in [0.15, 0.2) is 66.7 Å². The van der Waals surface area contributed by atoms with Gasteiger partial charge in [-0.05, 0) is 46.9 Å². The van der Waals surface area contributed by atoms with Crippen LogP contribution >= 0.6 is 0 Å². The third-order valence-corrected chi connectivity index (χ3v) is 5.70. The molecule has 0 atom stereocenters. The van der Waals surface area contributed by atoms with Crippen LogP contribution in [0.25, 0.3) is 10.8 Å². The van der Waals surface area contributed by atoms with Crippen molar-refractivity contribution in [3.63, 3.8) is 0 Å². The molecule has 3 N–H and O–H groups in total. The molecule has 1 saturated heterocycles. The molecule has 1 fully saturated rings. The summed E-state index contributed by atoms with van der Waals surface area (Å²) in [6.07, 6.45) is 1.32. The number of rotatable bonds is 5. The SMILES string of the molecule is O=C(NCc1cccc2ccccc12)Nc1ccc(CC(=O)N2CCC(O)CC2)cc1. The number of hydrogen-bond acceptors (Lipinski definition) is 3. The number of likely N-dealkylation sites (tertiary alicyclic amines) is 1. The number of fused-ring (bicyclic) bond motifs is 1. The first-order chi connectivity index (χ1) is 15.1. The van der Waals surface area contributed by atoms with Crippen molar-refractivity contribution in [2.75, 3.05) is 18.4 Å². The predicted molar refractivity (Wildman–Crippen MR) is 122 cm³/mol. The van der Waals surface area contributed by atoms with E-state index in [4.69, 9.17) is 0 Å². The highest BCUT2D eigenvalue weighted by atomic mass is 16.3. The van der Waals surface area contributed by atoms with E-state index in [-0.39, 0.29) is 18.0 Å². The molecule has 0 radical (unpaired) electrons. The highest BCUT2D eigenvalue weighted by molar-refractivity contribution is 5.90. The number of benzene rings is 3. The number of nitrogens with zero attached hydrogens (tertiary/aromatic N) is 1. The third-order valence-electron chi connectivity index (χ3n) is 5.70. The summed E-state index contributed by atoms with van der Waals surface area (Å²) >= 11 is 0. The average molecular weight is 418 g/mol. The Balaban J connectivity index is 1.28. The standard InChI is InChI=1S/C25H27N3O3/c29-22-12-14-28(15-13-22)24(30)16-18-8-10-21(11-9-18)27-25(31)26-17-20-6-3-5-19-4-1-2-7-23(19)20/h1-11,22,29H,12-17H2,(H2,26,27,31). The molecule has 3 aromatic rings. The Hall–Kier alpha value is -3.38. The summed E-state index contributed by atoms with van der Waals surface area (Å²) < 4.78 is 0. The summed E-state index contributed by atoms with van der Waals surface area (Å²) in [6.45, 7) is 1.65. The molecule has 6 nitrogen and oxygen atoms in total. The van der Waals surface area contributed by atoms with E-state index in [1.165, 1.54) is 0 Å². The maximum Gasteiger partial charge on any atom is 0.319 e. The molecule has 1 heterocycles. The third kappa shape index (κ3) is 5.41. The van der Waals surface area contributed by atoms with E-state index in [1.54, 1.807) is 17.0 Å². The van der Waals surface area contributed by atoms with Gasteiger partial charge in [-0.25, -0.2) is 4.79 Å². The van der Waals surface area contributed by atoms with E-state index in [2.05, 4.69) is 28.8 Å². The summed E-state index contributed by atoms with van der Waals surface area (Å²) in [5.74, 6) is 0.0699. The average Bonchev–Trinajstić information content (AvgIpc) is 2.79. The number of carbonyl (C=O) groups excluding carboxylic acids is 2. The minimum Gasteiger partial charge on any atom is -0.393 e. The van der Waals surface area contributed by atoms with Gasteiger partial charge in [-0.15, -0.1) is 0 Å². The Morgan fingerprint density at radius 2 is 1.65 bits per heavy atom. The van der Waals surface area contributed by atoms with E-state index in [1.807, 2.05) is 36.4 Å². The molecule has 1 aliphatic rings. The van der Waals surface area contributed by atoms with E-state index in [9.17, 15) is 14.7 Å². The van der Waals surface area contributed by atoms with Crippen molar-refractivity contribution in [3.05, 3.63) is 77.9 Å². The highest BCUT2D eigenvalue weighted by Gasteiger charge is 2.21. The molecule has 0 saturated carbocycles. The Morgan fingerprint density at radius 1 is 0.935 bits per heavy atom. The van der Waals surface area contributed by atoms with Gasteiger partial charge in [-0.1, -0.05) is 54.6 Å². The largest absolute Gasteiger partial charge is 0.393 e. The van der Waals surface area contributed by atoms with Gasteiger partial charge in [0.25, 0.3) is 0 Å². The normalized spacial score (nSPS) is 14.4. The summed E-state index contributed by atoms with van der Waals surface area (Å²) in [7, 11) is 0. The molecule has 31 heavy (non-hydrogen) atoms. The summed E-state index contributed by atoms with van der Waals surface area (Å²) in [4.78, 5) is 26.5. The molecule has 0 bridgehead atoms. The molecular weight excluding hydrogens is 390 g/mol. The number of nitrogens with one attached hydrogen (secondary N) is 2.